The summed E-state index contributed by atoms with van der Waals surface area (Å²) in [5.41, 5.74) is 5.64. The van der Waals surface area contributed by atoms with E-state index in [4.69, 9.17) is 19.7 Å². The molecule has 0 aromatic heterocycles. The van der Waals surface area contributed by atoms with Gasteiger partial charge in [-0.3, -0.25) is 14.5 Å². The number of carbonyl (C=O) groups excluding carboxylic acids is 2. The molecule has 0 atom stereocenters. The van der Waals surface area contributed by atoms with E-state index in [0.29, 0.717) is 24.6 Å². The smallest absolute Gasteiger partial charge is 0.251 e. The molecule has 11 heteroatoms. The minimum absolute atomic E-state index is 0.00493. The van der Waals surface area contributed by atoms with Gasteiger partial charge in [0.1, 0.15) is 17.7 Å². The number of carbonyl (C=O) groups is 2. The van der Waals surface area contributed by atoms with E-state index in [-0.39, 0.29) is 56.1 Å². The van der Waals surface area contributed by atoms with E-state index in [1.54, 1.807) is 12.1 Å². The summed E-state index contributed by atoms with van der Waals surface area (Å²) in [4.78, 5) is 30.1. The van der Waals surface area contributed by atoms with Gasteiger partial charge in [0.05, 0.1) is 38.5 Å². The Morgan fingerprint density at radius 3 is 2.43 bits per heavy atom. The summed E-state index contributed by atoms with van der Waals surface area (Å²) in [6, 6.07) is 18.4. The van der Waals surface area contributed by atoms with Crippen LogP contribution in [-0.4, -0.2) is 97.7 Å². The van der Waals surface area contributed by atoms with E-state index in [1.165, 1.54) is 17.7 Å². The second-order valence-electron chi connectivity index (χ2n) is 13.4. The Bertz CT molecular complexity index is 1580. The Morgan fingerprint density at radius 1 is 1.06 bits per heavy atom. The molecule has 3 aromatic carbocycles. The van der Waals surface area contributed by atoms with Crippen LogP contribution < -0.4 is 20.3 Å². The van der Waals surface area contributed by atoms with Crippen molar-refractivity contribution in [2.45, 2.75) is 56.7 Å². The second kappa shape index (κ2) is 15.7. The Hall–Kier alpha value is -4.03. The second-order valence-corrected chi connectivity index (χ2v) is 13.4. The number of benzene rings is 3. The molecular weight excluding hydrogens is 627 g/mol. The highest BCUT2D eigenvalue weighted by Gasteiger charge is 2.41. The fourth-order valence-corrected chi connectivity index (χ4v) is 6.96. The number of rotatable bonds is 14. The number of anilines is 1. The van der Waals surface area contributed by atoms with Gasteiger partial charge >= 0.3 is 0 Å². The summed E-state index contributed by atoms with van der Waals surface area (Å²) in [6.07, 6.45) is 3.30. The van der Waals surface area contributed by atoms with E-state index in [9.17, 15) is 14.0 Å². The molecule has 0 radical (unpaired) electrons. The maximum absolute atomic E-state index is 13.7. The Kier molecular flexibility index (Phi) is 11.1. The minimum atomic E-state index is -0.658. The quantitative estimate of drug-likeness (QED) is 0.190. The molecule has 1 aliphatic carbocycles. The van der Waals surface area contributed by atoms with Crippen LogP contribution in [0.2, 0.25) is 0 Å². The zero-order valence-electron chi connectivity index (χ0n) is 28.1. The Morgan fingerprint density at radius 2 is 1.78 bits per heavy atom. The molecule has 2 amide bonds. The van der Waals surface area contributed by atoms with Gasteiger partial charge in [-0.15, -0.1) is 0 Å². The molecule has 3 aromatic rings. The molecule has 2 heterocycles. The summed E-state index contributed by atoms with van der Waals surface area (Å²) < 4.78 is 25.2. The van der Waals surface area contributed by atoms with Crippen molar-refractivity contribution in [1.29, 1.82) is 0 Å². The molecule has 3 fully saturated rings. The molecule has 1 saturated carbocycles. The molecular formula is C38H47FN4O6. The van der Waals surface area contributed by atoms with Crippen molar-refractivity contribution < 1.29 is 33.7 Å². The molecule has 10 nitrogen and oxygen atoms in total. The first-order chi connectivity index (χ1) is 23.8. The van der Waals surface area contributed by atoms with Gasteiger partial charge in [-0.25, -0.2) is 4.39 Å². The standard InChI is InChI=1S/C38H47FN4O6/c1-2-48-35-20-34(27-5-9-30(39)10-6-27)33(26-3-4-26)19-29(35)21-42-16-13-38(14-17-42)25-43(22-36(46)41-38)31-11-7-28(8-12-31)37(47)40-15-18-49-32(23-44)24-45/h5-12,19-20,26,32,44-45H,2-4,13-18,21-25H2,1H3,(H,40,47)(H,41,46). The lowest BCUT2D eigenvalue weighted by atomic mass is 9.84. The van der Waals surface area contributed by atoms with Crippen LogP contribution in [0.5, 0.6) is 5.75 Å². The van der Waals surface area contributed by atoms with Crippen molar-refractivity contribution in [3.8, 4) is 16.9 Å². The molecule has 49 heavy (non-hydrogen) atoms. The number of hydrogen-bond donors (Lipinski definition) is 4. The number of halogens is 1. The van der Waals surface area contributed by atoms with Gasteiger partial charge < -0.3 is 35.2 Å². The van der Waals surface area contributed by atoms with Crippen LogP contribution in [0.4, 0.5) is 10.1 Å². The first-order valence-corrected chi connectivity index (χ1v) is 17.3. The van der Waals surface area contributed by atoms with E-state index in [1.807, 2.05) is 31.2 Å². The third kappa shape index (κ3) is 8.59. The highest BCUT2D eigenvalue weighted by atomic mass is 19.1. The van der Waals surface area contributed by atoms with Gasteiger partial charge in [-0.05, 0) is 104 Å². The third-order valence-corrected chi connectivity index (χ3v) is 9.79. The van der Waals surface area contributed by atoms with Crippen LogP contribution in [-0.2, 0) is 16.1 Å². The van der Waals surface area contributed by atoms with Crippen LogP contribution in [0.1, 0.15) is 60.0 Å². The van der Waals surface area contributed by atoms with Gasteiger partial charge in [0.15, 0.2) is 0 Å². The largest absolute Gasteiger partial charge is 0.494 e. The minimum Gasteiger partial charge on any atom is -0.494 e. The molecule has 0 unspecified atom stereocenters. The maximum atomic E-state index is 13.7. The predicted molar refractivity (Wildman–Crippen MR) is 185 cm³/mol. The van der Waals surface area contributed by atoms with Crippen molar-refractivity contribution in [3.05, 3.63) is 83.2 Å². The normalized spacial score (nSPS) is 17.7. The van der Waals surface area contributed by atoms with E-state index in [0.717, 1.165) is 73.4 Å². The summed E-state index contributed by atoms with van der Waals surface area (Å²) in [6.45, 7) is 5.77. The van der Waals surface area contributed by atoms with Gasteiger partial charge in [0.25, 0.3) is 5.91 Å². The molecule has 4 N–H and O–H groups in total. The van der Waals surface area contributed by atoms with Crippen LogP contribution in [0.3, 0.4) is 0 Å². The molecule has 2 aliphatic heterocycles. The van der Waals surface area contributed by atoms with Gasteiger partial charge in [-0.1, -0.05) is 12.1 Å². The van der Waals surface area contributed by atoms with Crippen molar-refractivity contribution in [2.24, 2.45) is 0 Å². The van der Waals surface area contributed by atoms with E-state index < -0.39 is 6.10 Å². The SMILES string of the molecule is CCOc1cc(-c2ccc(F)cc2)c(C2CC2)cc1CN1CCC2(CC1)CN(c1ccc(C(=O)NCCOC(CO)CO)cc1)CC(=O)N2. The van der Waals surface area contributed by atoms with E-state index >= 15 is 0 Å². The number of amides is 2. The molecule has 1 spiro atoms. The topological polar surface area (TPSA) is 124 Å². The van der Waals surface area contributed by atoms with E-state index in [2.05, 4.69) is 32.6 Å². The maximum Gasteiger partial charge on any atom is 0.251 e. The number of aliphatic hydroxyl groups is 2. The summed E-state index contributed by atoms with van der Waals surface area (Å²) in [7, 11) is 0. The molecule has 0 bridgehead atoms. The van der Waals surface area contributed by atoms with Gasteiger partial charge in [0, 0.05) is 49.5 Å². The highest BCUT2D eigenvalue weighted by Crippen LogP contribution is 2.47. The highest BCUT2D eigenvalue weighted by molar-refractivity contribution is 5.94. The first-order valence-electron chi connectivity index (χ1n) is 17.3. The first kappa shape index (κ1) is 34.8. The zero-order chi connectivity index (χ0) is 34.4. The van der Waals surface area contributed by atoms with Gasteiger partial charge in [0.2, 0.25) is 5.91 Å². The predicted octanol–water partition coefficient (Wildman–Crippen LogP) is 3.84. The number of nitrogens with zero attached hydrogens (tertiary/aromatic N) is 2. The number of piperidine rings is 1. The monoisotopic (exact) mass is 674 g/mol. The fourth-order valence-electron chi connectivity index (χ4n) is 6.96. The van der Waals surface area contributed by atoms with Crippen molar-refractivity contribution in [1.82, 2.24) is 15.5 Å². The number of nitrogens with one attached hydrogen (secondary N) is 2. The summed E-state index contributed by atoms with van der Waals surface area (Å²) in [5, 5.41) is 24.3. The zero-order valence-corrected chi connectivity index (χ0v) is 28.1. The average molecular weight is 675 g/mol. The fraction of sp³-hybridized carbons (Fsp3) is 0.474. The Labute approximate surface area is 287 Å². The number of hydrogen-bond acceptors (Lipinski definition) is 8. The van der Waals surface area contributed by atoms with Crippen molar-refractivity contribution in [2.75, 3.05) is 64.1 Å². The third-order valence-electron chi connectivity index (χ3n) is 9.79. The average Bonchev–Trinajstić information content (AvgIpc) is 3.96. The van der Waals surface area contributed by atoms with Crippen molar-refractivity contribution >= 4 is 17.5 Å². The lowest BCUT2D eigenvalue weighted by molar-refractivity contribution is -0.123. The summed E-state index contributed by atoms with van der Waals surface area (Å²) >= 11 is 0. The number of ether oxygens (including phenoxy) is 2. The Balaban J connectivity index is 1.08. The molecule has 262 valence electrons. The molecule has 3 aliphatic rings. The number of piperazine rings is 1. The lowest BCUT2D eigenvalue weighted by Crippen LogP contribution is -2.66. The molecule has 2 saturated heterocycles. The van der Waals surface area contributed by atoms with Crippen molar-refractivity contribution in [3.63, 3.8) is 0 Å². The summed E-state index contributed by atoms with van der Waals surface area (Å²) in [5.74, 6) is 0.889. The van der Waals surface area contributed by atoms with Crippen LogP contribution in [0.15, 0.2) is 60.7 Å². The van der Waals surface area contributed by atoms with Crippen LogP contribution in [0.25, 0.3) is 11.1 Å². The number of aliphatic hydroxyl groups excluding tert-OH is 2. The lowest BCUT2D eigenvalue weighted by Gasteiger charge is -2.48. The number of likely N-dealkylation sites (tertiary alicyclic amines) is 1. The van der Waals surface area contributed by atoms with Crippen LogP contribution >= 0.6 is 0 Å². The molecule has 6 rings (SSSR count). The van der Waals surface area contributed by atoms with Gasteiger partial charge in [-0.2, -0.15) is 0 Å². The van der Waals surface area contributed by atoms with Crippen LogP contribution in [0, 0.1) is 5.82 Å².